The van der Waals surface area contributed by atoms with E-state index in [2.05, 4.69) is 17.1 Å². The molecule has 2 atom stereocenters. The first-order valence-electron chi connectivity index (χ1n) is 6.56. The van der Waals surface area contributed by atoms with Crippen molar-refractivity contribution in [2.75, 3.05) is 0 Å². The fourth-order valence-electron chi connectivity index (χ4n) is 1.87. The van der Waals surface area contributed by atoms with Gasteiger partial charge in [-0.15, -0.1) is 10.2 Å². The maximum atomic E-state index is 6.28. The van der Waals surface area contributed by atoms with E-state index in [9.17, 15) is 0 Å². The second-order valence-electron chi connectivity index (χ2n) is 4.75. The molecule has 2 aromatic rings. The summed E-state index contributed by atoms with van der Waals surface area (Å²) in [7, 11) is 1.97. The van der Waals surface area contributed by atoms with E-state index < -0.39 is 0 Å². The maximum absolute atomic E-state index is 6.28. The van der Waals surface area contributed by atoms with Gasteiger partial charge in [-0.3, -0.25) is 0 Å². The van der Waals surface area contributed by atoms with Gasteiger partial charge in [-0.2, -0.15) is 0 Å². The minimum atomic E-state index is 0.0539. The van der Waals surface area contributed by atoms with Crippen molar-refractivity contribution in [3.63, 3.8) is 0 Å². The minimum Gasteiger partial charge on any atom is -0.326 e. The van der Waals surface area contributed by atoms with Crippen LogP contribution >= 0.6 is 23.4 Å². The summed E-state index contributed by atoms with van der Waals surface area (Å²) in [5.41, 5.74) is 7.44. The largest absolute Gasteiger partial charge is 0.326 e. The summed E-state index contributed by atoms with van der Waals surface area (Å²) < 4.78 is 1.98. The second-order valence-corrected chi connectivity index (χ2v) is 6.30. The molecule has 0 bridgehead atoms. The number of hydrogen-bond donors (Lipinski definition) is 1. The van der Waals surface area contributed by atoms with Crippen LogP contribution < -0.4 is 5.73 Å². The van der Waals surface area contributed by atoms with E-state index in [1.165, 1.54) is 0 Å². The molecule has 108 valence electrons. The SMILES string of the molecule is CCC(N)C(Sc1nnc(C)n1C)c1ccc(Cl)cc1. The molecule has 6 heteroatoms. The molecule has 0 aliphatic carbocycles. The summed E-state index contributed by atoms with van der Waals surface area (Å²) in [6.07, 6.45) is 0.900. The molecule has 20 heavy (non-hydrogen) atoms. The van der Waals surface area contributed by atoms with Gasteiger partial charge in [-0.25, -0.2) is 0 Å². The second kappa shape index (κ2) is 6.61. The number of benzene rings is 1. The summed E-state index contributed by atoms with van der Waals surface area (Å²) in [6, 6.07) is 7.90. The molecule has 1 heterocycles. The van der Waals surface area contributed by atoms with Crippen molar-refractivity contribution < 1.29 is 0 Å². The van der Waals surface area contributed by atoms with Gasteiger partial charge in [0.2, 0.25) is 0 Å². The highest BCUT2D eigenvalue weighted by Gasteiger charge is 2.22. The van der Waals surface area contributed by atoms with Crippen LogP contribution in [0.5, 0.6) is 0 Å². The normalized spacial score (nSPS) is 14.2. The summed E-state index contributed by atoms with van der Waals surface area (Å²) in [4.78, 5) is 0. The van der Waals surface area contributed by atoms with Crippen LogP contribution in [0.25, 0.3) is 0 Å². The van der Waals surface area contributed by atoms with Crippen molar-refractivity contribution in [3.8, 4) is 0 Å². The third kappa shape index (κ3) is 3.34. The maximum Gasteiger partial charge on any atom is 0.191 e. The Balaban J connectivity index is 2.28. The van der Waals surface area contributed by atoms with Crippen LogP contribution in [0.15, 0.2) is 29.4 Å². The summed E-state index contributed by atoms with van der Waals surface area (Å²) >= 11 is 7.60. The average molecular weight is 311 g/mol. The molecular weight excluding hydrogens is 292 g/mol. The van der Waals surface area contributed by atoms with Crippen molar-refractivity contribution in [2.45, 2.75) is 36.7 Å². The Labute approximate surface area is 128 Å². The van der Waals surface area contributed by atoms with E-state index in [0.29, 0.717) is 0 Å². The third-order valence-electron chi connectivity index (χ3n) is 3.34. The number of nitrogens with zero attached hydrogens (tertiary/aromatic N) is 3. The Kier molecular flexibility index (Phi) is 5.07. The van der Waals surface area contributed by atoms with Crippen molar-refractivity contribution in [1.82, 2.24) is 14.8 Å². The van der Waals surface area contributed by atoms with Gasteiger partial charge in [0.05, 0.1) is 5.25 Å². The zero-order valence-electron chi connectivity index (χ0n) is 11.9. The van der Waals surface area contributed by atoms with Gasteiger partial charge in [0.25, 0.3) is 0 Å². The Morgan fingerprint density at radius 3 is 2.45 bits per heavy atom. The van der Waals surface area contributed by atoms with Crippen molar-refractivity contribution in [1.29, 1.82) is 0 Å². The molecular formula is C14H19ClN4S. The monoisotopic (exact) mass is 310 g/mol. The van der Waals surface area contributed by atoms with E-state index in [0.717, 1.165) is 28.0 Å². The predicted molar refractivity (Wildman–Crippen MR) is 84.1 cm³/mol. The molecule has 1 aromatic heterocycles. The summed E-state index contributed by atoms with van der Waals surface area (Å²) in [5, 5.41) is 10.1. The lowest BCUT2D eigenvalue weighted by atomic mass is 10.0. The molecule has 0 spiro atoms. The van der Waals surface area contributed by atoms with Gasteiger partial charge >= 0.3 is 0 Å². The minimum absolute atomic E-state index is 0.0539. The number of thioether (sulfide) groups is 1. The highest BCUT2D eigenvalue weighted by atomic mass is 35.5. The molecule has 0 aliphatic rings. The Hall–Kier alpha value is -1.04. The van der Waals surface area contributed by atoms with E-state index in [1.807, 2.05) is 42.8 Å². The first-order valence-corrected chi connectivity index (χ1v) is 7.82. The first kappa shape index (κ1) is 15.4. The van der Waals surface area contributed by atoms with E-state index in [1.54, 1.807) is 11.8 Å². The highest BCUT2D eigenvalue weighted by Crippen LogP contribution is 2.37. The third-order valence-corrected chi connectivity index (χ3v) is 5.04. The topological polar surface area (TPSA) is 56.7 Å². The lowest BCUT2D eigenvalue weighted by molar-refractivity contribution is 0.630. The van der Waals surface area contributed by atoms with Gasteiger partial charge in [0, 0.05) is 18.1 Å². The Morgan fingerprint density at radius 1 is 1.30 bits per heavy atom. The Bertz CT molecular complexity index is 567. The average Bonchev–Trinajstić information content (AvgIpc) is 2.77. The number of halogens is 1. The lowest BCUT2D eigenvalue weighted by Crippen LogP contribution is -2.26. The smallest absolute Gasteiger partial charge is 0.191 e. The molecule has 0 aliphatic heterocycles. The summed E-state index contributed by atoms with van der Waals surface area (Å²) in [6.45, 7) is 4.03. The molecule has 0 radical (unpaired) electrons. The molecule has 0 fully saturated rings. The fraction of sp³-hybridized carbons (Fsp3) is 0.429. The summed E-state index contributed by atoms with van der Waals surface area (Å²) in [5.74, 6) is 0.896. The van der Waals surface area contributed by atoms with Crippen LogP contribution in [0.1, 0.15) is 30.0 Å². The quantitative estimate of drug-likeness (QED) is 0.860. The van der Waals surface area contributed by atoms with Crippen LogP contribution in [0, 0.1) is 6.92 Å². The molecule has 2 N–H and O–H groups in total. The van der Waals surface area contributed by atoms with Gasteiger partial charge in [-0.05, 0) is 31.0 Å². The van der Waals surface area contributed by atoms with Crippen LogP contribution in [0.4, 0.5) is 0 Å². The van der Waals surface area contributed by atoms with Crippen LogP contribution in [0.3, 0.4) is 0 Å². The zero-order valence-corrected chi connectivity index (χ0v) is 13.4. The number of aromatic nitrogens is 3. The molecule has 2 rings (SSSR count). The molecule has 2 unspecified atom stereocenters. The zero-order chi connectivity index (χ0) is 14.7. The Morgan fingerprint density at radius 2 is 1.95 bits per heavy atom. The van der Waals surface area contributed by atoms with E-state index >= 15 is 0 Å². The lowest BCUT2D eigenvalue weighted by Gasteiger charge is -2.22. The van der Waals surface area contributed by atoms with Crippen LogP contribution in [-0.4, -0.2) is 20.8 Å². The molecule has 0 saturated heterocycles. The van der Waals surface area contributed by atoms with Crippen molar-refractivity contribution in [2.24, 2.45) is 12.8 Å². The number of hydrogen-bond acceptors (Lipinski definition) is 4. The first-order chi connectivity index (χ1) is 9.52. The van der Waals surface area contributed by atoms with Crippen molar-refractivity contribution in [3.05, 3.63) is 40.7 Å². The standard InChI is InChI=1S/C14H19ClN4S/c1-4-12(16)13(10-5-7-11(15)8-6-10)20-14-18-17-9(2)19(14)3/h5-8,12-13H,4,16H2,1-3H3. The van der Waals surface area contributed by atoms with Gasteiger partial charge in [-0.1, -0.05) is 42.4 Å². The van der Waals surface area contributed by atoms with Crippen LogP contribution in [-0.2, 0) is 7.05 Å². The van der Waals surface area contributed by atoms with E-state index in [4.69, 9.17) is 17.3 Å². The molecule has 1 aromatic carbocycles. The predicted octanol–water partition coefficient (Wildman–Crippen LogP) is 3.35. The fourth-order valence-corrected chi connectivity index (χ4v) is 3.26. The molecule has 0 amide bonds. The van der Waals surface area contributed by atoms with Gasteiger partial charge < -0.3 is 10.3 Å². The van der Waals surface area contributed by atoms with Gasteiger partial charge in [0.1, 0.15) is 5.82 Å². The number of nitrogens with two attached hydrogens (primary N) is 1. The van der Waals surface area contributed by atoms with Crippen LogP contribution in [0.2, 0.25) is 5.02 Å². The highest BCUT2D eigenvalue weighted by molar-refractivity contribution is 7.99. The van der Waals surface area contributed by atoms with Crippen molar-refractivity contribution >= 4 is 23.4 Å². The molecule has 0 saturated carbocycles. The van der Waals surface area contributed by atoms with Gasteiger partial charge in [0.15, 0.2) is 5.16 Å². The number of rotatable bonds is 5. The number of aryl methyl sites for hydroxylation is 1. The van der Waals surface area contributed by atoms with E-state index in [-0.39, 0.29) is 11.3 Å². The molecule has 4 nitrogen and oxygen atoms in total.